The summed E-state index contributed by atoms with van der Waals surface area (Å²) in [6.45, 7) is 0.685. The third kappa shape index (κ3) is 3.60. The Hall–Kier alpha value is -2.66. The van der Waals surface area contributed by atoms with Gasteiger partial charge in [-0.2, -0.15) is 0 Å². The lowest BCUT2D eigenvalue weighted by Gasteiger charge is -2.36. The van der Waals surface area contributed by atoms with Crippen molar-refractivity contribution in [1.82, 2.24) is 4.90 Å². The van der Waals surface area contributed by atoms with Gasteiger partial charge in [0.1, 0.15) is 11.6 Å². The number of amides is 1. The lowest BCUT2D eigenvalue weighted by molar-refractivity contribution is -0.132. The minimum atomic E-state index is -0.289. The smallest absolute Gasteiger partial charge is 0.227 e. The van der Waals surface area contributed by atoms with Crippen molar-refractivity contribution in [1.29, 1.82) is 0 Å². The molecule has 0 saturated carbocycles. The zero-order chi connectivity index (χ0) is 18.8. The van der Waals surface area contributed by atoms with E-state index in [1.165, 1.54) is 22.6 Å². The molecule has 27 heavy (non-hydrogen) atoms. The molecule has 3 nitrogen and oxygen atoms in total. The number of hydrogen-bond donors (Lipinski definition) is 0. The fourth-order valence-electron chi connectivity index (χ4n) is 3.61. The van der Waals surface area contributed by atoms with E-state index in [0.29, 0.717) is 6.54 Å². The monoisotopic (exact) mass is 381 g/mol. The van der Waals surface area contributed by atoms with Crippen LogP contribution in [0.25, 0.3) is 0 Å². The van der Waals surface area contributed by atoms with Crippen molar-refractivity contribution < 1.29 is 13.9 Å². The maximum absolute atomic E-state index is 13.1. The van der Waals surface area contributed by atoms with Crippen molar-refractivity contribution in [3.05, 3.63) is 87.4 Å². The van der Waals surface area contributed by atoms with Crippen LogP contribution in [0.5, 0.6) is 5.75 Å². The van der Waals surface area contributed by atoms with Crippen molar-refractivity contribution in [2.45, 2.75) is 18.9 Å². The van der Waals surface area contributed by atoms with E-state index >= 15 is 0 Å². The number of benzene rings is 2. The molecule has 4 rings (SSSR count). The number of thiophene rings is 1. The van der Waals surface area contributed by atoms with Gasteiger partial charge < -0.3 is 9.64 Å². The molecule has 1 atom stereocenters. The lowest BCUT2D eigenvalue weighted by Crippen LogP contribution is -2.40. The maximum atomic E-state index is 13.1. The molecular formula is C22H20FNO2S. The number of methoxy groups -OCH3 is 1. The van der Waals surface area contributed by atoms with E-state index in [0.717, 1.165) is 23.3 Å². The number of carbonyl (C=O) groups is 1. The lowest BCUT2D eigenvalue weighted by atomic mass is 9.92. The molecule has 1 aliphatic heterocycles. The van der Waals surface area contributed by atoms with Crippen LogP contribution in [0.2, 0.25) is 0 Å². The first-order chi connectivity index (χ1) is 13.2. The Balaban J connectivity index is 1.65. The fourth-order valence-corrected chi connectivity index (χ4v) is 4.51. The molecule has 1 aromatic heterocycles. The van der Waals surface area contributed by atoms with E-state index in [4.69, 9.17) is 4.74 Å². The van der Waals surface area contributed by atoms with Crippen LogP contribution in [0.4, 0.5) is 4.39 Å². The number of carbonyl (C=O) groups excluding carboxylic acids is 1. The summed E-state index contributed by atoms with van der Waals surface area (Å²) in [5.74, 6) is 0.562. The zero-order valence-electron chi connectivity index (χ0n) is 15.0. The Kier molecular flexibility index (Phi) is 4.94. The largest absolute Gasteiger partial charge is 0.497 e. The second kappa shape index (κ2) is 7.53. The summed E-state index contributed by atoms with van der Waals surface area (Å²) >= 11 is 1.75. The molecule has 1 amide bonds. The highest BCUT2D eigenvalue weighted by molar-refractivity contribution is 7.10. The van der Waals surface area contributed by atoms with Crippen LogP contribution in [0.3, 0.4) is 0 Å². The van der Waals surface area contributed by atoms with E-state index < -0.39 is 0 Å². The molecule has 0 bridgehead atoms. The average Bonchev–Trinajstić information content (AvgIpc) is 3.18. The van der Waals surface area contributed by atoms with Gasteiger partial charge in [-0.3, -0.25) is 4.79 Å². The van der Waals surface area contributed by atoms with Gasteiger partial charge in [-0.25, -0.2) is 4.39 Å². The number of nitrogens with zero attached hydrogens (tertiary/aromatic N) is 1. The standard InChI is InChI=1S/C22H20FNO2S/c1-26-18-8-4-16(5-9-18)22-19-11-13-27-20(19)10-12-24(22)21(25)14-15-2-6-17(23)7-3-15/h2-9,11,13,22H,10,12,14H2,1H3/t22-/m1/s1. The van der Waals surface area contributed by atoms with Crippen molar-refractivity contribution >= 4 is 17.2 Å². The number of halogens is 1. The summed E-state index contributed by atoms with van der Waals surface area (Å²) in [5.41, 5.74) is 3.09. The van der Waals surface area contributed by atoms with E-state index in [-0.39, 0.29) is 24.2 Å². The topological polar surface area (TPSA) is 29.5 Å². The summed E-state index contributed by atoms with van der Waals surface area (Å²) in [6, 6.07) is 16.1. The summed E-state index contributed by atoms with van der Waals surface area (Å²) in [4.78, 5) is 16.4. The van der Waals surface area contributed by atoms with Crippen LogP contribution in [0, 0.1) is 5.82 Å². The molecular weight excluding hydrogens is 361 g/mol. The predicted molar refractivity (Wildman–Crippen MR) is 105 cm³/mol. The molecule has 0 spiro atoms. The molecule has 0 unspecified atom stereocenters. The zero-order valence-corrected chi connectivity index (χ0v) is 15.8. The third-order valence-corrected chi connectivity index (χ3v) is 5.98. The van der Waals surface area contributed by atoms with Gasteiger partial charge in [0, 0.05) is 11.4 Å². The Morgan fingerprint density at radius 3 is 2.59 bits per heavy atom. The number of fused-ring (bicyclic) bond motifs is 1. The average molecular weight is 381 g/mol. The molecule has 0 radical (unpaired) electrons. The Morgan fingerprint density at radius 1 is 1.15 bits per heavy atom. The normalized spacial score (nSPS) is 16.1. The third-order valence-electron chi connectivity index (χ3n) is 4.99. The van der Waals surface area contributed by atoms with Crippen LogP contribution in [0.15, 0.2) is 60.0 Å². The molecule has 1 aliphatic rings. The van der Waals surface area contributed by atoms with Crippen LogP contribution in [0.1, 0.15) is 27.6 Å². The van der Waals surface area contributed by atoms with E-state index in [1.807, 2.05) is 29.2 Å². The summed E-state index contributed by atoms with van der Waals surface area (Å²) in [6.07, 6.45) is 1.14. The molecule has 0 aliphatic carbocycles. The van der Waals surface area contributed by atoms with Crippen molar-refractivity contribution in [3.63, 3.8) is 0 Å². The highest BCUT2D eigenvalue weighted by Crippen LogP contribution is 2.38. The van der Waals surface area contributed by atoms with E-state index in [1.54, 1.807) is 30.6 Å². The molecule has 2 heterocycles. The van der Waals surface area contributed by atoms with Crippen LogP contribution in [-0.2, 0) is 17.6 Å². The van der Waals surface area contributed by atoms with E-state index in [2.05, 4.69) is 11.4 Å². The van der Waals surface area contributed by atoms with Crippen molar-refractivity contribution in [2.24, 2.45) is 0 Å². The van der Waals surface area contributed by atoms with Crippen LogP contribution < -0.4 is 4.74 Å². The first-order valence-corrected chi connectivity index (χ1v) is 9.78. The first-order valence-electron chi connectivity index (χ1n) is 8.90. The summed E-state index contributed by atoms with van der Waals surface area (Å²) in [7, 11) is 1.64. The van der Waals surface area contributed by atoms with Gasteiger partial charge in [-0.1, -0.05) is 24.3 Å². The minimum Gasteiger partial charge on any atom is -0.497 e. The molecule has 0 N–H and O–H groups in total. The number of ether oxygens (including phenoxy) is 1. The van der Waals surface area contributed by atoms with Crippen molar-refractivity contribution in [3.8, 4) is 5.75 Å². The number of hydrogen-bond acceptors (Lipinski definition) is 3. The predicted octanol–water partition coefficient (Wildman–Crippen LogP) is 4.61. The maximum Gasteiger partial charge on any atom is 0.227 e. The Labute approximate surface area is 162 Å². The highest BCUT2D eigenvalue weighted by atomic mass is 32.1. The Morgan fingerprint density at radius 2 is 1.89 bits per heavy atom. The van der Waals surface area contributed by atoms with Gasteiger partial charge in [0.05, 0.1) is 19.6 Å². The van der Waals surface area contributed by atoms with Gasteiger partial charge in [0.2, 0.25) is 5.91 Å². The summed E-state index contributed by atoms with van der Waals surface area (Å²) in [5, 5.41) is 2.09. The van der Waals surface area contributed by atoms with Gasteiger partial charge in [-0.05, 0) is 58.8 Å². The first kappa shape index (κ1) is 17.7. The highest BCUT2D eigenvalue weighted by Gasteiger charge is 2.32. The molecule has 2 aromatic carbocycles. The second-order valence-electron chi connectivity index (χ2n) is 6.62. The minimum absolute atomic E-state index is 0.0549. The molecule has 138 valence electrons. The second-order valence-corrected chi connectivity index (χ2v) is 7.62. The van der Waals surface area contributed by atoms with Crippen LogP contribution >= 0.6 is 11.3 Å². The van der Waals surface area contributed by atoms with Crippen molar-refractivity contribution in [2.75, 3.05) is 13.7 Å². The molecule has 3 aromatic rings. The molecule has 0 fully saturated rings. The Bertz CT molecular complexity index is 934. The van der Waals surface area contributed by atoms with Crippen LogP contribution in [-0.4, -0.2) is 24.5 Å². The van der Waals surface area contributed by atoms with Gasteiger partial charge in [-0.15, -0.1) is 11.3 Å². The fraction of sp³-hybridized carbons (Fsp3) is 0.227. The molecule has 0 saturated heterocycles. The quantitative estimate of drug-likeness (QED) is 0.660. The number of rotatable bonds is 4. The van der Waals surface area contributed by atoms with Gasteiger partial charge >= 0.3 is 0 Å². The summed E-state index contributed by atoms with van der Waals surface area (Å²) < 4.78 is 18.4. The SMILES string of the molecule is COc1ccc([C@@H]2c3ccsc3CCN2C(=O)Cc2ccc(F)cc2)cc1. The molecule has 5 heteroatoms. The van der Waals surface area contributed by atoms with E-state index in [9.17, 15) is 9.18 Å². The van der Waals surface area contributed by atoms with Gasteiger partial charge in [0.15, 0.2) is 0 Å². The van der Waals surface area contributed by atoms with Gasteiger partial charge in [0.25, 0.3) is 0 Å².